The molecule has 0 aromatic heterocycles. The van der Waals surface area contributed by atoms with E-state index in [1.807, 2.05) is 20.8 Å². The Hall–Kier alpha value is -0.660. The molecule has 0 aromatic carbocycles. The van der Waals surface area contributed by atoms with Crippen LogP contribution in [0.5, 0.6) is 0 Å². The van der Waals surface area contributed by atoms with Gasteiger partial charge in [-0.2, -0.15) is 0 Å². The van der Waals surface area contributed by atoms with Gasteiger partial charge in [0.1, 0.15) is 16.9 Å². The van der Waals surface area contributed by atoms with Crippen LogP contribution < -0.4 is 5.73 Å². The first kappa shape index (κ1) is 19.7. The Balaban J connectivity index is 0. The third kappa shape index (κ3) is 8.43. The average Bonchev–Trinajstić information content (AvgIpc) is 2.17. The maximum atomic E-state index is 10.7. The minimum Gasteiger partial charge on any atom is -0.724 e. The molecule has 0 saturated carbocycles. The standard InChI is InChI=1S/C6H15NO2S.C5H11NO2/c1-4-7(5-2,6-3)10(8)9;1-5(2,3)8-4(6)7/h4-6H2,1-3H3;1-3H3,(H2,6,7). The second-order valence-electron chi connectivity index (χ2n) is 4.76. The Labute approximate surface area is 112 Å². The van der Waals surface area contributed by atoms with E-state index >= 15 is 0 Å². The SMILES string of the molecule is CC(C)(C)OC(N)=O.CC[N+](CC)(CC)S(=O)[O-]. The number of rotatable bonds is 4. The quantitative estimate of drug-likeness (QED) is 0.625. The summed E-state index contributed by atoms with van der Waals surface area (Å²) in [6.07, 6.45) is -0.725. The van der Waals surface area contributed by atoms with Crippen molar-refractivity contribution in [2.75, 3.05) is 19.6 Å². The third-order valence-corrected chi connectivity index (χ3v) is 3.86. The molecule has 0 aliphatic rings. The van der Waals surface area contributed by atoms with E-state index in [4.69, 9.17) is 5.73 Å². The van der Waals surface area contributed by atoms with E-state index in [1.54, 1.807) is 20.8 Å². The Morgan fingerprint density at radius 1 is 1.22 bits per heavy atom. The second kappa shape index (κ2) is 8.44. The average molecular weight is 282 g/mol. The Morgan fingerprint density at radius 2 is 1.56 bits per heavy atom. The highest BCUT2D eigenvalue weighted by Crippen LogP contribution is 2.07. The van der Waals surface area contributed by atoms with E-state index in [0.29, 0.717) is 19.6 Å². The number of hydrogen-bond donors (Lipinski definition) is 1. The fourth-order valence-electron chi connectivity index (χ4n) is 1.29. The summed E-state index contributed by atoms with van der Waals surface area (Å²) in [4.78, 5) is 10.0. The zero-order valence-electron chi connectivity index (χ0n) is 12.2. The van der Waals surface area contributed by atoms with Crippen molar-refractivity contribution in [2.45, 2.75) is 47.1 Å². The van der Waals surface area contributed by atoms with Crippen molar-refractivity contribution in [3.63, 3.8) is 0 Å². The number of nitrogens with two attached hydrogens (primary N) is 1. The molecule has 0 spiro atoms. The lowest BCUT2D eigenvalue weighted by Gasteiger charge is -2.35. The van der Waals surface area contributed by atoms with E-state index < -0.39 is 23.0 Å². The van der Waals surface area contributed by atoms with Gasteiger partial charge < -0.3 is 15.0 Å². The van der Waals surface area contributed by atoms with Crippen LogP contribution in [0.25, 0.3) is 0 Å². The summed E-state index contributed by atoms with van der Waals surface area (Å²) in [5, 5.41) is 0. The lowest BCUT2D eigenvalue weighted by Crippen LogP contribution is -2.48. The topological polar surface area (TPSA) is 92.5 Å². The zero-order chi connectivity index (χ0) is 15.0. The van der Waals surface area contributed by atoms with Crippen molar-refractivity contribution >= 4 is 17.4 Å². The molecule has 110 valence electrons. The van der Waals surface area contributed by atoms with Crippen molar-refractivity contribution in [2.24, 2.45) is 5.73 Å². The number of amides is 1. The molecule has 1 atom stereocenters. The molecule has 7 heteroatoms. The molecule has 0 saturated heterocycles. The minimum absolute atomic E-state index is 0.181. The van der Waals surface area contributed by atoms with E-state index in [9.17, 15) is 13.6 Å². The molecule has 2 N–H and O–H groups in total. The summed E-state index contributed by atoms with van der Waals surface area (Å²) in [7, 11) is 0. The van der Waals surface area contributed by atoms with E-state index in [0.717, 1.165) is 0 Å². The van der Waals surface area contributed by atoms with Crippen LogP contribution in [-0.4, -0.2) is 44.0 Å². The first-order valence-electron chi connectivity index (χ1n) is 5.99. The molecule has 1 unspecified atom stereocenters. The number of quaternary nitrogens is 1. The summed E-state index contributed by atoms with van der Waals surface area (Å²) in [5.74, 6) is 0. The van der Waals surface area contributed by atoms with Gasteiger partial charge in [-0.25, -0.2) is 12.9 Å². The van der Waals surface area contributed by atoms with Crippen molar-refractivity contribution < 1.29 is 22.2 Å². The van der Waals surface area contributed by atoms with Crippen LogP contribution in [0.1, 0.15) is 41.5 Å². The van der Waals surface area contributed by atoms with Gasteiger partial charge in [-0.3, -0.25) is 0 Å². The molecular weight excluding hydrogens is 256 g/mol. The van der Waals surface area contributed by atoms with Crippen molar-refractivity contribution in [3.05, 3.63) is 0 Å². The van der Waals surface area contributed by atoms with Gasteiger partial charge in [0.15, 0.2) is 0 Å². The lowest BCUT2D eigenvalue weighted by molar-refractivity contribution is -0.800. The first-order valence-corrected chi connectivity index (χ1v) is 7.02. The predicted molar refractivity (Wildman–Crippen MR) is 71.2 cm³/mol. The monoisotopic (exact) mass is 282 g/mol. The van der Waals surface area contributed by atoms with Gasteiger partial charge in [0, 0.05) is 0 Å². The molecule has 0 bridgehead atoms. The van der Waals surface area contributed by atoms with Crippen LogP contribution in [-0.2, 0) is 16.0 Å². The molecule has 0 aliphatic heterocycles. The summed E-state index contributed by atoms with van der Waals surface area (Å²) in [5.41, 5.74) is 4.26. The van der Waals surface area contributed by atoms with Crippen LogP contribution in [0.3, 0.4) is 0 Å². The van der Waals surface area contributed by atoms with Gasteiger partial charge >= 0.3 is 6.09 Å². The Morgan fingerprint density at radius 3 is 1.56 bits per heavy atom. The maximum absolute atomic E-state index is 10.7. The highest BCUT2D eigenvalue weighted by molar-refractivity contribution is 7.73. The van der Waals surface area contributed by atoms with Crippen molar-refractivity contribution in [1.82, 2.24) is 0 Å². The number of nitrogens with zero attached hydrogens (tertiary/aromatic N) is 1. The van der Waals surface area contributed by atoms with E-state index in [1.165, 1.54) is 0 Å². The van der Waals surface area contributed by atoms with Gasteiger partial charge in [-0.15, -0.1) is 0 Å². The van der Waals surface area contributed by atoms with Gasteiger partial charge in [-0.05, 0) is 41.5 Å². The highest BCUT2D eigenvalue weighted by atomic mass is 32.2. The van der Waals surface area contributed by atoms with Gasteiger partial charge in [0.05, 0.1) is 19.6 Å². The fraction of sp³-hybridized carbons (Fsp3) is 0.909. The molecular formula is C11H26N2O4S. The van der Waals surface area contributed by atoms with Crippen LogP contribution >= 0.6 is 0 Å². The molecule has 18 heavy (non-hydrogen) atoms. The number of carbonyl (C=O) groups excluding carboxylic acids is 1. The first-order chi connectivity index (χ1) is 8.04. The minimum atomic E-state index is -1.97. The second-order valence-corrected chi connectivity index (χ2v) is 5.97. The van der Waals surface area contributed by atoms with Gasteiger partial charge in [0.25, 0.3) is 0 Å². The van der Waals surface area contributed by atoms with Crippen molar-refractivity contribution in [1.29, 1.82) is 0 Å². The zero-order valence-corrected chi connectivity index (χ0v) is 13.0. The molecule has 0 aromatic rings. The van der Waals surface area contributed by atoms with Gasteiger partial charge in [0.2, 0.25) is 0 Å². The van der Waals surface area contributed by atoms with Crippen LogP contribution in [0, 0.1) is 0 Å². The maximum Gasteiger partial charge on any atom is 0.405 e. The van der Waals surface area contributed by atoms with Gasteiger partial charge in [-0.1, -0.05) is 0 Å². The summed E-state index contributed by atoms with van der Waals surface area (Å²) in [6.45, 7) is 12.9. The number of ether oxygens (including phenoxy) is 1. The molecule has 0 radical (unpaired) electrons. The summed E-state index contributed by atoms with van der Waals surface area (Å²) in [6, 6.07) is 0. The number of hydrogen-bond acceptors (Lipinski definition) is 4. The molecule has 6 nitrogen and oxygen atoms in total. The Bertz CT molecular complexity index is 264. The van der Waals surface area contributed by atoms with Crippen molar-refractivity contribution in [3.8, 4) is 0 Å². The Kier molecular flexibility index (Phi) is 9.23. The normalized spacial score (nSPS) is 13.3. The number of carbonyl (C=O) groups is 1. The molecule has 0 fully saturated rings. The third-order valence-electron chi connectivity index (χ3n) is 2.45. The lowest BCUT2D eigenvalue weighted by atomic mass is 10.2. The molecule has 0 heterocycles. The molecule has 1 amide bonds. The van der Waals surface area contributed by atoms with Crippen LogP contribution in [0.4, 0.5) is 4.79 Å². The highest BCUT2D eigenvalue weighted by Gasteiger charge is 2.21. The largest absolute Gasteiger partial charge is 0.724 e. The van der Waals surface area contributed by atoms with E-state index in [-0.39, 0.29) is 3.89 Å². The summed E-state index contributed by atoms with van der Waals surface area (Å²) >= 11 is -1.97. The molecule has 0 rings (SSSR count). The van der Waals surface area contributed by atoms with Crippen LogP contribution in [0.2, 0.25) is 0 Å². The van der Waals surface area contributed by atoms with Crippen LogP contribution in [0.15, 0.2) is 0 Å². The molecule has 0 aliphatic carbocycles. The smallest absolute Gasteiger partial charge is 0.405 e. The summed E-state index contributed by atoms with van der Waals surface area (Å²) < 4.78 is 26.1. The number of primary amides is 1. The van der Waals surface area contributed by atoms with E-state index in [2.05, 4.69) is 4.74 Å². The predicted octanol–water partition coefficient (Wildman–Crippen LogP) is 1.54. The fourth-order valence-corrected chi connectivity index (χ4v) is 1.92.